The minimum absolute atomic E-state index is 0.0711. The largest absolute Gasteiger partial charge is 0.339 e. The molecule has 1 atom stereocenters. The zero-order valence-corrected chi connectivity index (χ0v) is 9.61. The fraction of sp³-hybridized carbons (Fsp3) is 0.417. The summed E-state index contributed by atoms with van der Waals surface area (Å²) in [6, 6.07) is 6.20. The van der Waals surface area contributed by atoms with Crippen LogP contribution in [0.3, 0.4) is 0 Å². The summed E-state index contributed by atoms with van der Waals surface area (Å²) < 4.78 is 13.5. The molecule has 1 aromatic rings. The lowest BCUT2D eigenvalue weighted by atomic mass is 10.1. The van der Waals surface area contributed by atoms with E-state index in [-0.39, 0.29) is 24.2 Å². The molecule has 0 saturated heterocycles. The zero-order valence-electron chi connectivity index (χ0n) is 9.61. The molecule has 16 heavy (non-hydrogen) atoms. The third-order valence-electron chi connectivity index (χ3n) is 2.69. The number of carbonyl (C=O) groups excluding carboxylic acids is 1. The van der Waals surface area contributed by atoms with Crippen LogP contribution in [0.25, 0.3) is 0 Å². The molecule has 88 valence electrons. The molecule has 2 N–H and O–H groups in total. The fourth-order valence-corrected chi connectivity index (χ4v) is 1.54. The van der Waals surface area contributed by atoms with E-state index in [2.05, 4.69) is 0 Å². The topological polar surface area (TPSA) is 46.3 Å². The first-order valence-electron chi connectivity index (χ1n) is 5.28. The molecule has 0 radical (unpaired) electrons. The highest BCUT2D eigenvalue weighted by Gasteiger charge is 2.18. The van der Waals surface area contributed by atoms with Crippen LogP contribution < -0.4 is 5.73 Å². The molecule has 0 saturated carbocycles. The van der Waals surface area contributed by atoms with Crippen molar-refractivity contribution in [3.8, 4) is 0 Å². The van der Waals surface area contributed by atoms with Crippen LogP contribution in [-0.2, 0) is 4.79 Å². The van der Waals surface area contributed by atoms with Gasteiger partial charge in [-0.25, -0.2) is 4.39 Å². The second kappa shape index (κ2) is 5.61. The Kier molecular flexibility index (Phi) is 4.43. The van der Waals surface area contributed by atoms with Crippen LogP contribution in [0.1, 0.15) is 24.9 Å². The van der Waals surface area contributed by atoms with Gasteiger partial charge in [-0.15, -0.1) is 0 Å². The van der Waals surface area contributed by atoms with Gasteiger partial charge in [0, 0.05) is 25.6 Å². The van der Waals surface area contributed by atoms with Crippen molar-refractivity contribution in [1.29, 1.82) is 0 Å². The van der Waals surface area contributed by atoms with Crippen LogP contribution >= 0.6 is 0 Å². The van der Waals surface area contributed by atoms with Crippen molar-refractivity contribution in [1.82, 2.24) is 4.90 Å². The van der Waals surface area contributed by atoms with E-state index in [9.17, 15) is 9.18 Å². The molecule has 1 rings (SSSR count). The zero-order chi connectivity index (χ0) is 12.1. The van der Waals surface area contributed by atoms with Crippen molar-refractivity contribution < 1.29 is 9.18 Å². The van der Waals surface area contributed by atoms with Gasteiger partial charge >= 0.3 is 0 Å². The molecule has 0 bridgehead atoms. The van der Waals surface area contributed by atoms with Gasteiger partial charge in [0.05, 0.1) is 6.04 Å². The summed E-state index contributed by atoms with van der Waals surface area (Å²) >= 11 is 0. The monoisotopic (exact) mass is 224 g/mol. The van der Waals surface area contributed by atoms with Gasteiger partial charge in [-0.05, 0) is 13.0 Å². The predicted octanol–water partition coefficient (Wildman–Crippen LogP) is 1.69. The maximum absolute atomic E-state index is 13.5. The smallest absolute Gasteiger partial charge is 0.224 e. The molecule has 0 aliphatic heterocycles. The van der Waals surface area contributed by atoms with Crippen molar-refractivity contribution in [3.63, 3.8) is 0 Å². The van der Waals surface area contributed by atoms with Gasteiger partial charge in [-0.2, -0.15) is 0 Å². The van der Waals surface area contributed by atoms with Crippen molar-refractivity contribution in [3.05, 3.63) is 35.6 Å². The predicted molar refractivity (Wildman–Crippen MR) is 61.3 cm³/mol. The third kappa shape index (κ3) is 2.79. The van der Waals surface area contributed by atoms with Crippen LogP contribution in [0, 0.1) is 5.82 Å². The molecule has 0 aromatic heterocycles. The van der Waals surface area contributed by atoms with Crippen LogP contribution in [0.2, 0.25) is 0 Å². The van der Waals surface area contributed by atoms with Crippen LogP contribution in [0.4, 0.5) is 4.39 Å². The van der Waals surface area contributed by atoms with E-state index in [0.29, 0.717) is 12.1 Å². The first kappa shape index (κ1) is 12.6. The molecule has 0 heterocycles. The van der Waals surface area contributed by atoms with E-state index in [1.165, 1.54) is 11.0 Å². The molecular weight excluding hydrogens is 207 g/mol. The van der Waals surface area contributed by atoms with Gasteiger partial charge in [-0.3, -0.25) is 4.79 Å². The maximum atomic E-state index is 13.5. The SMILES string of the molecule is CC(c1ccccc1F)N(C)C(=O)CCN. The Bertz CT molecular complexity index is 368. The number of hydrogen-bond donors (Lipinski definition) is 1. The van der Waals surface area contributed by atoms with Crippen molar-refractivity contribution in [2.45, 2.75) is 19.4 Å². The Morgan fingerprint density at radius 3 is 2.69 bits per heavy atom. The number of benzene rings is 1. The Morgan fingerprint density at radius 2 is 2.12 bits per heavy atom. The van der Waals surface area contributed by atoms with Gasteiger partial charge in [0.1, 0.15) is 5.82 Å². The average molecular weight is 224 g/mol. The summed E-state index contributed by atoms with van der Waals surface area (Å²) in [4.78, 5) is 13.1. The lowest BCUT2D eigenvalue weighted by molar-refractivity contribution is -0.131. The first-order chi connectivity index (χ1) is 7.57. The summed E-state index contributed by atoms with van der Waals surface area (Å²) in [7, 11) is 1.66. The molecule has 0 spiro atoms. The highest BCUT2D eigenvalue weighted by atomic mass is 19.1. The van der Waals surface area contributed by atoms with Gasteiger partial charge in [-0.1, -0.05) is 18.2 Å². The Labute approximate surface area is 95.0 Å². The number of amides is 1. The van der Waals surface area contributed by atoms with E-state index < -0.39 is 0 Å². The van der Waals surface area contributed by atoms with Gasteiger partial charge in [0.25, 0.3) is 0 Å². The molecule has 0 fully saturated rings. The normalized spacial score (nSPS) is 12.2. The second-order valence-electron chi connectivity index (χ2n) is 3.74. The summed E-state index contributed by atoms with van der Waals surface area (Å²) in [6.45, 7) is 2.11. The van der Waals surface area contributed by atoms with E-state index in [4.69, 9.17) is 5.73 Å². The number of carbonyl (C=O) groups is 1. The number of nitrogens with two attached hydrogens (primary N) is 1. The molecule has 1 unspecified atom stereocenters. The third-order valence-corrected chi connectivity index (χ3v) is 2.69. The average Bonchev–Trinajstić information content (AvgIpc) is 2.28. The minimum atomic E-state index is -0.289. The molecular formula is C12H17FN2O. The summed E-state index contributed by atoms with van der Waals surface area (Å²) in [6.07, 6.45) is 0.287. The molecule has 0 aliphatic carbocycles. The maximum Gasteiger partial charge on any atom is 0.224 e. The minimum Gasteiger partial charge on any atom is -0.339 e. The lowest BCUT2D eigenvalue weighted by Crippen LogP contribution is -2.31. The summed E-state index contributed by atoms with van der Waals surface area (Å²) in [5, 5.41) is 0. The van der Waals surface area contributed by atoms with Crippen molar-refractivity contribution in [2.75, 3.05) is 13.6 Å². The molecule has 0 aliphatic rings. The highest BCUT2D eigenvalue weighted by molar-refractivity contribution is 5.76. The quantitative estimate of drug-likeness (QED) is 0.846. The Morgan fingerprint density at radius 1 is 1.50 bits per heavy atom. The van der Waals surface area contributed by atoms with Crippen molar-refractivity contribution >= 4 is 5.91 Å². The molecule has 3 nitrogen and oxygen atoms in total. The number of nitrogens with zero attached hydrogens (tertiary/aromatic N) is 1. The molecule has 1 aromatic carbocycles. The van der Waals surface area contributed by atoms with Gasteiger partial charge in [0.2, 0.25) is 5.91 Å². The lowest BCUT2D eigenvalue weighted by Gasteiger charge is -2.25. The summed E-state index contributed by atoms with van der Waals surface area (Å²) in [5.74, 6) is -0.361. The van der Waals surface area contributed by atoms with E-state index >= 15 is 0 Å². The van der Waals surface area contributed by atoms with E-state index in [1.807, 2.05) is 0 Å². The first-order valence-corrected chi connectivity index (χ1v) is 5.28. The van der Waals surface area contributed by atoms with Gasteiger partial charge < -0.3 is 10.6 Å². The van der Waals surface area contributed by atoms with E-state index in [0.717, 1.165) is 0 Å². The fourth-order valence-electron chi connectivity index (χ4n) is 1.54. The number of hydrogen-bond acceptors (Lipinski definition) is 2. The molecule has 4 heteroatoms. The summed E-state index contributed by atoms with van der Waals surface area (Å²) in [5.41, 5.74) is 5.84. The standard InChI is InChI=1S/C12H17FN2O/c1-9(15(2)12(16)7-8-14)10-5-3-4-6-11(10)13/h3-6,9H,7-8,14H2,1-2H3. The molecule has 1 amide bonds. The Balaban J connectivity index is 2.82. The van der Waals surface area contributed by atoms with Crippen LogP contribution in [0.15, 0.2) is 24.3 Å². The van der Waals surface area contributed by atoms with Gasteiger partial charge in [0.15, 0.2) is 0 Å². The number of halogens is 1. The Hall–Kier alpha value is -1.42. The highest BCUT2D eigenvalue weighted by Crippen LogP contribution is 2.21. The van der Waals surface area contributed by atoms with E-state index in [1.54, 1.807) is 32.2 Å². The number of rotatable bonds is 4. The van der Waals surface area contributed by atoms with Crippen molar-refractivity contribution in [2.24, 2.45) is 5.73 Å². The van der Waals surface area contributed by atoms with Crippen LogP contribution in [0.5, 0.6) is 0 Å². The second-order valence-corrected chi connectivity index (χ2v) is 3.74. The van der Waals surface area contributed by atoms with Crippen LogP contribution in [-0.4, -0.2) is 24.4 Å².